The fraction of sp³-hybridized carbons (Fsp3) is 0.636. The minimum atomic E-state index is 0.446. The molecule has 0 saturated heterocycles. The molecule has 0 radical (unpaired) electrons. The SMILES string of the molecule is CCC(CC1CC1)Nc1cnnc(Cl)c1. The Morgan fingerprint density at radius 2 is 2.40 bits per heavy atom. The Kier molecular flexibility index (Phi) is 3.41. The van der Waals surface area contributed by atoms with Gasteiger partial charge < -0.3 is 5.32 Å². The first-order valence-electron chi connectivity index (χ1n) is 5.52. The molecular weight excluding hydrogens is 210 g/mol. The summed E-state index contributed by atoms with van der Waals surface area (Å²) in [5.74, 6) is 0.938. The maximum Gasteiger partial charge on any atom is 0.153 e. The second-order valence-corrected chi connectivity index (χ2v) is 4.58. The lowest BCUT2D eigenvalue weighted by Crippen LogP contribution is -2.19. The van der Waals surface area contributed by atoms with Crippen molar-refractivity contribution in [3.63, 3.8) is 0 Å². The number of nitrogens with zero attached hydrogens (tertiary/aromatic N) is 2. The first-order valence-corrected chi connectivity index (χ1v) is 5.90. The molecule has 1 aromatic heterocycles. The molecule has 1 aliphatic carbocycles. The van der Waals surface area contributed by atoms with E-state index in [1.165, 1.54) is 19.3 Å². The summed E-state index contributed by atoms with van der Waals surface area (Å²) in [5.41, 5.74) is 0.975. The zero-order valence-corrected chi connectivity index (χ0v) is 9.67. The minimum absolute atomic E-state index is 0.446. The zero-order chi connectivity index (χ0) is 10.7. The van der Waals surface area contributed by atoms with E-state index in [0.717, 1.165) is 18.0 Å². The molecule has 3 nitrogen and oxygen atoms in total. The van der Waals surface area contributed by atoms with Crippen LogP contribution in [0.1, 0.15) is 32.6 Å². The third-order valence-electron chi connectivity index (χ3n) is 2.80. The minimum Gasteiger partial charge on any atom is -0.381 e. The Bertz CT molecular complexity index is 325. The van der Waals surface area contributed by atoms with E-state index in [2.05, 4.69) is 22.4 Å². The van der Waals surface area contributed by atoms with Crippen molar-refractivity contribution < 1.29 is 0 Å². The number of hydrogen-bond donors (Lipinski definition) is 1. The van der Waals surface area contributed by atoms with E-state index in [0.29, 0.717) is 11.2 Å². The van der Waals surface area contributed by atoms with E-state index >= 15 is 0 Å². The summed E-state index contributed by atoms with van der Waals surface area (Å²) >= 11 is 5.78. The van der Waals surface area contributed by atoms with E-state index in [4.69, 9.17) is 11.6 Å². The van der Waals surface area contributed by atoms with Gasteiger partial charge in [0.25, 0.3) is 0 Å². The van der Waals surface area contributed by atoms with Gasteiger partial charge in [0.1, 0.15) is 0 Å². The molecule has 0 bridgehead atoms. The largest absolute Gasteiger partial charge is 0.381 e. The maximum absolute atomic E-state index is 5.78. The van der Waals surface area contributed by atoms with Gasteiger partial charge in [-0.15, -0.1) is 5.10 Å². The van der Waals surface area contributed by atoms with Crippen molar-refractivity contribution in [2.45, 2.75) is 38.6 Å². The van der Waals surface area contributed by atoms with Crippen LogP contribution in [-0.4, -0.2) is 16.2 Å². The predicted molar refractivity (Wildman–Crippen MR) is 62.1 cm³/mol. The van der Waals surface area contributed by atoms with Crippen molar-refractivity contribution in [3.05, 3.63) is 17.4 Å². The molecule has 1 aliphatic rings. The molecular formula is C11H16ClN3. The fourth-order valence-electron chi connectivity index (χ4n) is 1.74. The first-order chi connectivity index (χ1) is 7.28. The summed E-state index contributed by atoms with van der Waals surface area (Å²) in [7, 11) is 0. The molecule has 82 valence electrons. The first kappa shape index (κ1) is 10.7. The highest BCUT2D eigenvalue weighted by atomic mass is 35.5. The Morgan fingerprint density at radius 3 is 3.00 bits per heavy atom. The van der Waals surface area contributed by atoms with Crippen molar-refractivity contribution in [1.29, 1.82) is 0 Å². The summed E-state index contributed by atoms with van der Waals surface area (Å²) in [6, 6.07) is 2.36. The zero-order valence-electron chi connectivity index (χ0n) is 8.91. The van der Waals surface area contributed by atoms with Crippen molar-refractivity contribution in [3.8, 4) is 0 Å². The van der Waals surface area contributed by atoms with Gasteiger partial charge in [-0.3, -0.25) is 0 Å². The molecule has 1 N–H and O–H groups in total. The quantitative estimate of drug-likeness (QED) is 0.837. The molecule has 2 rings (SSSR count). The van der Waals surface area contributed by atoms with Gasteiger partial charge in [-0.2, -0.15) is 5.10 Å². The number of halogens is 1. The van der Waals surface area contributed by atoms with E-state index < -0.39 is 0 Å². The molecule has 15 heavy (non-hydrogen) atoms. The second kappa shape index (κ2) is 4.79. The highest BCUT2D eigenvalue weighted by molar-refractivity contribution is 6.29. The van der Waals surface area contributed by atoms with Crippen LogP contribution in [0.2, 0.25) is 5.15 Å². The summed E-state index contributed by atoms with van der Waals surface area (Å²) in [5, 5.41) is 11.4. The van der Waals surface area contributed by atoms with Crippen LogP contribution >= 0.6 is 11.6 Å². The number of rotatable bonds is 5. The van der Waals surface area contributed by atoms with Crippen molar-refractivity contribution in [2.75, 3.05) is 5.32 Å². The average molecular weight is 226 g/mol. The molecule has 1 heterocycles. The Labute approximate surface area is 95.2 Å². The van der Waals surface area contributed by atoms with E-state index in [-0.39, 0.29) is 0 Å². The van der Waals surface area contributed by atoms with Crippen LogP contribution in [0.15, 0.2) is 12.3 Å². The Morgan fingerprint density at radius 1 is 1.60 bits per heavy atom. The van der Waals surface area contributed by atoms with Crippen LogP contribution in [0.4, 0.5) is 5.69 Å². The number of nitrogens with one attached hydrogen (secondary N) is 1. The lowest BCUT2D eigenvalue weighted by atomic mass is 10.1. The number of aromatic nitrogens is 2. The van der Waals surface area contributed by atoms with Crippen molar-refractivity contribution >= 4 is 17.3 Å². The maximum atomic E-state index is 5.78. The van der Waals surface area contributed by atoms with Crippen molar-refractivity contribution in [2.24, 2.45) is 5.92 Å². The molecule has 1 atom stereocenters. The normalized spacial score (nSPS) is 17.5. The van der Waals surface area contributed by atoms with Gasteiger partial charge in [0.15, 0.2) is 5.15 Å². The Balaban J connectivity index is 1.92. The molecule has 1 fully saturated rings. The van der Waals surface area contributed by atoms with Crippen LogP contribution in [-0.2, 0) is 0 Å². The predicted octanol–water partition coefficient (Wildman–Crippen LogP) is 3.12. The summed E-state index contributed by atoms with van der Waals surface area (Å²) < 4.78 is 0. The van der Waals surface area contributed by atoms with Gasteiger partial charge in [-0.05, 0) is 18.8 Å². The van der Waals surface area contributed by atoms with Gasteiger partial charge in [0, 0.05) is 12.1 Å². The monoisotopic (exact) mass is 225 g/mol. The lowest BCUT2D eigenvalue weighted by molar-refractivity contribution is 0.586. The third kappa shape index (κ3) is 3.34. The van der Waals surface area contributed by atoms with Crippen molar-refractivity contribution in [1.82, 2.24) is 10.2 Å². The number of anilines is 1. The molecule has 0 spiro atoms. The van der Waals surface area contributed by atoms with Gasteiger partial charge in [-0.25, -0.2) is 0 Å². The van der Waals surface area contributed by atoms with E-state index in [1.807, 2.05) is 6.07 Å². The van der Waals surface area contributed by atoms with E-state index in [9.17, 15) is 0 Å². The van der Waals surface area contributed by atoms with Crippen LogP contribution in [0.3, 0.4) is 0 Å². The highest BCUT2D eigenvalue weighted by Crippen LogP contribution is 2.34. The van der Waals surface area contributed by atoms with Gasteiger partial charge in [0.05, 0.1) is 11.9 Å². The van der Waals surface area contributed by atoms with E-state index in [1.54, 1.807) is 6.20 Å². The lowest BCUT2D eigenvalue weighted by Gasteiger charge is -2.17. The molecule has 0 aromatic carbocycles. The van der Waals surface area contributed by atoms with Gasteiger partial charge in [0.2, 0.25) is 0 Å². The standard InChI is InChI=1S/C11H16ClN3/c1-2-9(5-8-3-4-8)14-10-6-11(12)15-13-7-10/h6-9H,2-5H2,1H3,(H,14,15). The van der Waals surface area contributed by atoms with Crippen LogP contribution in [0.5, 0.6) is 0 Å². The topological polar surface area (TPSA) is 37.8 Å². The summed E-state index contributed by atoms with van der Waals surface area (Å²) in [6.45, 7) is 2.20. The molecule has 0 aliphatic heterocycles. The molecule has 1 saturated carbocycles. The van der Waals surface area contributed by atoms with Gasteiger partial charge in [-0.1, -0.05) is 31.4 Å². The second-order valence-electron chi connectivity index (χ2n) is 4.20. The third-order valence-corrected chi connectivity index (χ3v) is 2.99. The smallest absolute Gasteiger partial charge is 0.153 e. The number of hydrogen-bond acceptors (Lipinski definition) is 3. The molecule has 4 heteroatoms. The fourth-order valence-corrected chi connectivity index (χ4v) is 1.90. The summed E-state index contributed by atoms with van der Waals surface area (Å²) in [6.07, 6.45) is 6.91. The molecule has 1 aromatic rings. The highest BCUT2D eigenvalue weighted by Gasteiger charge is 2.24. The molecule has 0 amide bonds. The Hall–Kier alpha value is -0.830. The molecule has 1 unspecified atom stereocenters. The van der Waals surface area contributed by atoms with Crippen LogP contribution in [0.25, 0.3) is 0 Å². The summed E-state index contributed by atoms with van der Waals surface area (Å²) in [4.78, 5) is 0. The van der Waals surface area contributed by atoms with Crippen LogP contribution in [0, 0.1) is 5.92 Å². The van der Waals surface area contributed by atoms with Crippen LogP contribution < -0.4 is 5.32 Å². The van der Waals surface area contributed by atoms with Gasteiger partial charge >= 0.3 is 0 Å². The average Bonchev–Trinajstić information content (AvgIpc) is 3.01.